The Labute approximate surface area is 219 Å². The van der Waals surface area contributed by atoms with Crippen LogP contribution in [0, 0.1) is 0 Å². The Kier molecular flexibility index (Phi) is 10.5. The van der Waals surface area contributed by atoms with Crippen LogP contribution < -0.4 is 5.32 Å². The number of thioether (sulfide) groups is 1. The summed E-state index contributed by atoms with van der Waals surface area (Å²) in [5.74, 6) is 0.723. The van der Waals surface area contributed by atoms with Crippen molar-refractivity contribution in [3.8, 4) is 0 Å². The van der Waals surface area contributed by atoms with Crippen LogP contribution in [0.3, 0.4) is 0 Å². The van der Waals surface area contributed by atoms with Gasteiger partial charge in [0.15, 0.2) is 0 Å². The van der Waals surface area contributed by atoms with Crippen molar-refractivity contribution in [1.82, 2.24) is 10.2 Å². The van der Waals surface area contributed by atoms with E-state index in [0.29, 0.717) is 30.3 Å². The second-order valence-electron chi connectivity index (χ2n) is 7.87. The van der Waals surface area contributed by atoms with Gasteiger partial charge in [-0.1, -0.05) is 82.1 Å². The first kappa shape index (κ1) is 26.3. The fourth-order valence-corrected chi connectivity index (χ4v) is 5.16. The van der Waals surface area contributed by atoms with E-state index in [2.05, 4.69) is 21.2 Å². The molecule has 178 valence electrons. The zero-order valence-corrected chi connectivity index (χ0v) is 22.2. The van der Waals surface area contributed by atoms with Crippen LogP contribution in [0.2, 0.25) is 5.02 Å². The number of hydrogen-bond acceptors (Lipinski definition) is 3. The number of rotatable bonds is 11. The van der Waals surface area contributed by atoms with Gasteiger partial charge in [-0.15, -0.1) is 11.8 Å². The third-order valence-electron chi connectivity index (χ3n) is 5.25. The van der Waals surface area contributed by atoms with E-state index >= 15 is 0 Å². The lowest BCUT2D eigenvalue weighted by Crippen LogP contribution is -2.51. The molecule has 3 rings (SSSR count). The second kappa shape index (κ2) is 13.6. The van der Waals surface area contributed by atoms with E-state index < -0.39 is 6.04 Å². The number of benzene rings is 3. The highest BCUT2D eigenvalue weighted by Crippen LogP contribution is 2.21. The maximum atomic E-state index is 13.5. The lowest BCUT2D eigenvalue weighted by atomic mass is 10.0. The van der Waals surface area contributed by atoms with Crippen molar-refractivity contribution >= 4 is 51.1 Å². The summed E-state index contributed by atoms with van der Waals surface area (Å²) in [5.41, 5.74) is 3.04. The van der Waals surface area contributed by atoms with Crippen LogP contribution in [0.1, 0.15) is 23.6 Å². The van der Waals surface area contributed by atoms with Gasteiger partial charge in [-0.25, -0.2) is 0 Å². The number of hydrogen-bond donors (Lipinski definition) is 1. The molecule has 0 spiro atoms. The fourth-order valence-electron chi connectivity index (χ4n) is 3.64. The first-order chi connectivity index (χ1) is 16.5. The minimum Gasteiger partial charge on any atom is -0.355 e. The SMILES string of the molecule is CCNC(=O)[C@@H](Cc1ccccc1)N(Cc1cccc(Br)c1)C(=O)CSCc1cccc(Cl)c1. The topological polar surface area (TPSA) is 49.4 Å². The van der Waals surface area contributed by atoms with Crippen LogP contribution >= 0.6 is 39.3 Å². The number of amides is 2. The molecule has 34 heavy (non-hydrogen) atoms. The van der Waals surface area contributed by atoms with E-state index in [0.717, 1.165) is 21.2 Å². The van der Waals surface area contributed by atoms with Crippen LogP contribution in [0.15, 0.2) is 83.3 Å². The molecule has 0 unspecified atom stereocenters. The van der Waals surface area contributed by atoms with Crippen LogP contribution in [0.25, 0.3) is 0 Å². The molecule has 2 amide bonds. The smallest absolute Gasteiger partial charge is 0.243 e. The molecule has 7 heteroatoms. The molecule has 0 radical (unpaired) electrons. The number of carbonyl (C=O) groups is 2. The quantitative estimate of drug-likeness (QED) is 0.308. The van der Waals surface area contributed by atoms with E-state index in [9.17, 15) is 9.59 Å². The first-order valence-corrected chi connectivity index (χ1v) is 13.5. The fraction of sp³-hybridized carbons (Fsp3) is 0.259. The Balaban J connectivity index is 1.82. The molecule has 0 aliphatic rings. The van der Waals surface area contributed by atoms with Gasteiger partial charge in [0.2, 0.25) is 11.8 Å². The Hall–Kier alpha value is -2.28. The van der Waals surface area contributed by atoms with Gasteiger partial charge in [0, 0.05) is 34.8 Å². The number of nitrogens with one attached hydrogen (secondary N) is 1. The molecule has 4 nitrogen and oxygen atoms in total. The molecule has 0 bridgehead atoms. The van der Waals surface area contributed by atoms with Crippen molar-refractivity contribution in [2.75, 3.05) is 12.3 Å². The Morgan fingerprint density at radius 2 is 1.68 bits per heavy atom. The minimum atomic E-state index is -0.611. The molecule has 0 aliphatic heterocycles. The highest BCUT2D eigenvalue weighted by molar-refractivity contribution is 9.10. The molecule has 0 aromatic heterocycles. The molecule has 0 saturated heterocycles. The molecule has 3 aromatic rings. The third kappa shape index (κ3) is 8.19. The van der Waals surface area contributed by atoms with Crippen molar-refractivity contribution in [2.45, 2.75) is 31.7 Å². The van der Waals surface area contributed by atoms with E-state index in [1.165, 1.54) is 11.8 Å². The predicted octanol–water partition coefficient (Wildman–Crippen LogP) is 6.11. The third-order valence-corrected chi connectivity index (χ3v) is 6.96. The van der Waals surface area contributed by atoms with Gasteiger partial charge >= 0.3 is 0 Å². The van der Waals surface area contributed by atoms with Gasteiger partial charge in [-0.05, 0) is 47.9 Å². The summed E-state index contributed by atoms with van der Waals surface area (Å²) < 4.78 is 0.936. The zero-order chi connectivity index (χ0) is 24.3. The van der Waals surface area contributed by atoms with Gasteiger partial charge in [0.25, 0.3) is 0 Å². The van der Waals surface area contributed by atoms with Crippen LogP contribution in [-0.4, -0.2) is 35.1 Å². The summed E-state index contributed by atoms with van der Waals surface area (Å²) in [6, 6.07) is 24.7. The van der Waals surface area contributed by atoms with E-state index in [-0.39, 0.29) is 17.6 Å². The second-order valence-corrected chi connectivity index (χ2v) is 10.2. The van der Waals surface area contributed by atoms with E-state index in [1.54, 1.807) is 4.90 Å². The summed E-state index contributed by atoms with van der Waals surface area (Å²) in [4.78, 5) is 28.4. The normalized spacial score (nSPS) is 11.6. The first-order valence-electron chi connectivity index (χ1n) is 11.1. The maximum Gasteiger partial charge on any atom is 0.243 e. The molecule has 3 aromatic carbocycles. The van der Waals surface area contributed by atoms with Gasteiger partial charge in [0.1, 0.15) is 6.04 Å². The summed E-state index contributed by atoms with van der Waals surface area (Å²) in [6.07, 6.45) is 0.450. The monoisotopic (exact) mass is 558 g/mol. The average Bonchev–Trinajstić information content (AvgIpc) is 2.82. The summed E-state index contributed by atoms with van der Waals surface area (Å²) in [7, 11) is 0. The summed E-state index contributed by atoms with van der Waals surface area (Å²) in [5, 5.41) is 3.60. The number of carbonyl (C=O) groups excluding carboxylic acids is 2. The van der Waals surface area contributed by atoms with Gasteiger partial charge in [0.05, 0.1) is 5.75 Å². The maximum absolute atomic E-state index is 13.5. The number of halogens is 2. The number of likely N-dealkylation sites (N-methyl/N-ethyl adjacent to an activating group) is 1. The molecule has 1 atom stereocenters. The van der Waals surface area contributed by atoms with Crippen LogP contribution in [0.5, 0.6) is 0 Å². The summed E-state index contributed by atoms with van der Waals surface area (Å²) >= 11 is 11.1. The highest BCUT2D eigenvalue weighted by Gasteiger charge is 2.30. The standard InChI is InChI=1S/C27H28BrClN2O2S/c1-2-30-27(33)25(16-20-8-4-3-5-9-20)31(17-21-10-6-12-23(28)14-21)26(32)19-34-18-22-11-7-13-24(29)15-22/h3-15,25H,2,16-19H2,1H3,(H,30,33)/t25-/m1/s1. The molecule has 0 heterocycles. The Morgan fingerprint density at radius 1 is 0.971 bits per heavy atom. The van der Waals surface area contributed by atoms with Gasteiger partial charge < -0.3 is 10.2 Å². The molecule has 0 aliphatic carbocycles. The van der Waals surface area contributed by atoms with Gasteiger partial charge in [-0.3, -0.25) is 9.59 Å². The summed E-state index contributed by atoms with van der Waals surface area (Å²) in [6.45, 7) is 2.75. The molecule has 0 saturated carbocycles. The van der Waals surface area contributed by atoms with Crippen molar-refractivity contribution in [3.63, 3.8) is 0 Å². The Bertz CT molecular complexity index is 1100. The Morgan fingerprint density at radius 3 is 2.38 bits per heavy atom. The van der Waals surface area contributed by atoms with Crippen LogP contribution in [-0.2, 0) is 28.3 Å². The molecule has 0 fully saturated rings. The van der Waals surface area contributed by atoms with Crippen LogP contribution in [0.4, 0.5) is 0 Å². The van der Waals surface area contributed by atoms with Crippen molar-refractivity contribution in [1.29, 1.82) is 0 Å². The van der Waals surface area contributed by atoms with Crippen molar-refractivity contribution < 1.29 is 9.59 Å². The van der Waals surface area contributed by atoms with E-state index in [1.807, 2.05) is 85.8 Å². The van der Waals surface area contributed by atoms with Gasteiger partial charge in [-0.2, -0.15) is 0 Å². The van der Waals surface area contributed by atoms with E-state index in [4.69, 9.17) is 11.6 Å². The lowest BCUT2D eigenvalue weighted by molar-refractivity contribution is -0.139. The minimum absolute atomic E-state index is 0.0702. The van der Waals surface area contributed by atoms with Crippen molar-refractivity contribution in [2.24, 2.45) is 0 Å². The zero-order valence-electron chi connectivity index (χ0n) is 19.0. The molecular weight excluding hydrogens is 532 g/mol. The highest BCUT2D eigenvalue weighted by atomic mass is 79.9. The van der Waals surface area contributed by atoms with Crippen molar-refractivity contribution in [3.05, 3.63) is 105 Å². The number of nitrogens with zero attached hydrogens (tertiary/aromatic N) is 1. The largest absolute Gasteiger partial charge is 0.355 e. The average molecular weight is 560 g/mol. The lowest BCUT2D eigenvalue weighted by Gasteiger charge is -2.31. The molecule has 1 N–H and O–H groups in total. The predicted molar refractivity (Wildman–Crippen MR) is 145 cm³/mol. The molecular formula is C27H28BrClN2O2S.